The van der Waals surface area contributed by atoms with Crippen LogP contribution in [0.5, 0.6) is 0 Å². The number of rotatable bonds is 8. The van der Waals surface area contributed by atoms with Crippen LogP contribution in [0.2, 0.25) is 0 Å². The maximum atomic E-state index is 12.2. The molecule has 0 aromatic heterocycles. The van der Waals surface area contributed by atoms with Crippen molar-refractivity contribution in [3.8, 4) is 0 Å². The lowest BCUT2D eigenvalue weighted by molar-refractivity contribution is -0.137. The highest BCUT2D eigenvalue weighted by atomic mass is 32.2. The van der Waals surface area contributed by atoms with E-state index in [1.165, 1.54) is 12.1 Å². The minimum absolute atomic E-state index is 0.0691. The number of aliphatic carboxylic acids is 1. The number of carboxylic acid groups (broad SMARTS) is 1. The normalized spacial score (nSPS) is 11.2. The molecule has 0 aliphatic heterocycles. The van der Waals surface area contributed by atoms with E-state index in [1.807, 2.05) is 6.92 Å². The summed E-state index contributed by atoms with van der Waals surface area (Å²) in [7, 11) is -3.37. The summed E-state index contributed by atoms with van der Waals surface area (Å²) in [4.78, 5) is 22.7. The van der Waals surface area contributed by atoms with Gasteiger partial charge in [-0.25, -0.2) is 8.42 Å². The number of nitrogens with one attached hydrogen (secondary N) is 1. The number of hydrogen-bond acceptors (Lipinski definition) is 4. The van der Waals surface area contributed by atoms with Crippen LogP contribution in [0.4, 0.5) is 0 Å². The SMILES string of the molecule is CCc1ccc(S(C)(=O)=O)cc1C(=O)NCCCCC(=O)O. The fraction of sp³-hybridized carbons (Fsp3) is 0.467. The maximum Gasteiger partial charge on any atom is 0.303 e. The molecular formula is C15H21NO5S. The van der Waals surface area contributed by atoms with E-state index in [2.05, 4.69) is 5.32 Å². The summed E-state index contributed by atoms with van der Waals surface area (Å²) >= 11 is 0. The van der Waals surface area contributed by atoms with Crippen LogP contribution < -0.4 is 5.32 Å². The van der Waals surface area contributed by atoms with Gasteiger partial charge in [-0.15, -0.1) is 0 Å². The Balaban J connectivity index is 2.77. The number of amides is 1. The van der Waals surface area contributed by atoms with Crippen LogP contribution >= 0.6 is 0 Å². The van der Waals surface area contributed by atoms with Gasteiger partial charge in [-0.1, -0.05) is 13.0 Å². The molecule has 0 radical (unpaired) electrons. The molecule has 7 heteroatoms. The largest absolute Gasteiger partial charge is 0.481 e. The highest BCUT2D eigenvalue weighted by Gasteiger charge is 2.15. The first-order chi connectivity index (χ1) is 10.3. The molecule has 0 spiro atoms. The summed E-state index contributed by atoms with van der Waals surface area (Å²) in [5.74, 6) is -1.20. The molecule has 0 aliphatic rings. The fourth-order valence-electron chi connectivity index (χ4n) is 2.00. The first-order valence-electron chi connectivity index (χ1n) is 7.08. The topological polar surface area (TPSA) is 101 Å². The third-order valence-electron chi connectivity index (χ3n) is 3.24. The molecule has 0 saturated carbocycles. The predicted octanol–water partition coefficient (Wildman–Crippen LogP) is 1.64. The predicted molar refractivity (Wildman–Crippen MR) is 82.7 cm³/mol. The van der Waals surface area contributed by atoms with Gasteiger partial charge in [0.2, 0.25) is 0 Å². The highest BCUT2D eigenvalue weighted by Crippen LogP contribution is 2.17. The molecule has 0 bridgehead atoms. The van der Waals surface area contributed by atoms with Gasteiger partial charge in [0.25, 0.3) is 5.91 Å². The lowest BCUT2D eigenvalue weighted by Crippen LogP contribution is -2.26. The zero-order valence-corrected chi connectivity index (χ0v) is 13.6. The minimum Gasteiger partial charge on any atom is -0.481 e. The number of unbranched alkanes of at least 4 members (excludes halogenated alkanes) is 1. The molecule has 0 unspecified atom stereocenters. The van der Waals surface area contributed by atoms with Crippen molar-refractivity contribution in [1.82, 2.24) is 5.32 Å². The van der Waals surface area contributed by atoms with Crippen molar-refractivity contribution in [2.45, 2.75) is 37.5 Å². The Morgan fingerprint density at radius 2 is 1.91 bits per heavy atom. The summed E-state index contributed by atoms with van der Waals surface area (Å²) in [5, 5.41) is 11.2. The van der Waals surface area contributed by atoms with Gasteiger partial charge in [0.1, 0.15) is 0 Å². The number of carbonyl (C=O) groups is 2. The Morgan fingerprint density at radius 3 is 2.45 bits per heavy atom. The van der Waals surface area contributed by atoms with Crippen LogP contribution in [-0.4, -0.2) is 38.2 Å². The van der Waals surface area contributed by atoms with E-state index in [-0.39, 0.29) is 17.2 Å². The standard InChI is InChI=1S/C15H21NO5S/c1-3-11-7-8-12(22(2,20)21)10-13(11)15(19)16-9-5-4-6-14(17)18/h7-8,10H,3-6,9H2,1-2H3,(H,16,19)(H,17,18). The van der Waals surface area contributed by atoms with Crippen molar-refractivity contribution in [3.05, 3.63) is 29.3 Å². The van der Waals surface area contributed by atoms with Crippen molar-refractivity contribution >= 4 is 21.7 Å². The van der Waals surface area contributed by atoms with Crippen LogP contribution in [0.3, 0.4) is 0 Å². The number of hydrogen-bond donors (Lipinski definition) is 2. The first kappa shape index (κ1) is 18.2. The van der Waals surface area contributed by atoms with Crippen molar-refractivity contribution < 1.29 is 23.1 Å². The average molecular weight is 327 g/mol. The van der Waals surface area contributed by atoms with E-state index in [0.717, 1.165) is 11.8 Å². The van der Waals surface area contributed by atoms with Crippen molar-refractivity contribution in [2.24, 2.45) is 0 Å². The van der Waals surface area contributed by atoms with Crippen LogP contribution in [0.1, 0.15) is 42.1 Å². The van der Waals surface area contributed by atoms with Crippen molar-refractivity contribution in [1.29, 1.82) is 0 Å². The summed E-state index contributed by atoms with van der Waals surface area (Å²) in [6.45, 7) is 2.25. The number of carbonyl (C=O) groups excluding carboxylic acids is 1. The van der Waals surface area contributed by atoms with Gasteiger partial charge in [0.15, 0.2) is 9.84 Å². The third-order valence-corrected chi connectivity index (χ3v) is 4.35. The first-order valence-corrected chi connectivity index (χ1v) is 8.97. The monoisotopic (exact) mass is 327 g/mol. The summed E-state index contributed by atoms with van der Waals surface area (Å²) in [5.41, 5.74) is 1.12. The Labute approximate surface area is 130 Å². The van der Waals surface area contributed by atoms with Gasteiger partial charge in [0, 0.05) is 24.8 Å². The van der Waals surface area contributed by atoms with Gasteiger partial charge in [-0.3, -0.25) is 9.59 Å². The molecular weight excluding hydrogens is 306 g/mol. The molecule has 1 aromatic rings. The Hall–Kier alpha value is -1.89. The quantitative estimate of drug-likeness (QED) is 0.707. The average Bonchev–Trinajstić information content (AvgIpc) is 2.44. The highest BCUT2D eigenvalue weighted by molar-refractivity contribution is 7.90. The molecule has 2 N–H and O–H groups in total. The van der Waals surface area contributed by atoms with Gasteiger partial charge >= 0.3 is 5.97 Å². The fourth-order valence-corrected chi connectivity index (χ4v) is 2.65. The lowest BCUT2D eigenvalue weighted by atomic mass is 10.0. The molecule has 1 amide bonds. The zero-order valence-electron chi connectivity index (χ0n) is 12.8. The van der Waals surface area contributed by atoms with Crippen LogP contribution in [0.15, 0.2) is 23.1 Å². The number of benzene rings is 1. The van der Waals surface area contributed by atoms with Crippen LogP contribution in [0, 0.1) is 0 Å². The number of carboxylic acids is 1. The molecule has 0 atom stereocenters. The van der Waals surface area contributed by atoms with Gasteiger partial charge in [0.05, 0.1) is 4.90 Å². The molecule has 6 nitrogen and oxygen atoms in total. The van der Waals surface area contributed by atoms with Crippen LogP contribution in [-0.2, 0) is 21.1 Å². The molecule has 0 aliphatic carbocycles. The maximum absolute atomic E-state index is 12.2. The van der Waals surface area contributed by atoms with Gasteiger partial charge < -0.3 is 10.4 Å². The second-order valence-electron chi connectivity index (χ2n) is 5.05. The van der Waals surface area contributed by atoms with E-state index < -0.39 is 15.8 Å². The van der Waals surface area contributed by atoms with Crippen molar-refractivity contribution in [2.75, 3.05) is 12.8 Å². The molecule has 0 saturated heterocycles. The van der Waals surface area contributed by atoms with E-state index in [0.29, 0.717) is 31.4 Å². The van der Waals surface area contributed by atoms with Gasteiger partial charge in [-0.2, -0.15) is 0 Å². The zero-order chi connectivity index (χ0) is 16.8. The molecule has 122 valence electrons. The second-order valence-corrected chi connectivity index (χ2v) is 7.07. The van der Waals surface area contributed by atoms with Crippen LogP contribution in [0.25, 0.3) is 0 Å². The number of aryl methyl sites for hydroxylation is 1. The molecule has 0 heterocycles. The van der Waals surface area contributed by atoms with E-state index in [4.69, 9.17) is 5.11 Å². The number of sulfone groups is 1. The summed E-state index contributed by atoms with van der Waals surface area (Å²) in [6.07, 6.45) is 2.83. The Morgan fingerprint density at radius 1 is 1.23 bits per heavy atom. The van der Waals surface area contributed by atoms with E-state index in [9.17, 15) is 18.0 Å². The third kappa shape index (κ3) is 5.48. The molecule has 1 aromatic carbocycles. The van der Waals surface area contributed by atoms with Gasteiger partial charge in [-0.05, 0) is 37.0 Å². The molecule has 0 fully saturated rings. The van der Waals surface area contributed by atoms with E-state index >= 15 is 0 Å². The van der Waals surface area contributed by atoms with E-state index in [1.54, 1.807) is 6.07 Å². The molecule has 22 heavy (non-hydrogen) atoms. The smallest absolute Gasteiger partial charge is 0.303 e. The summed E-state index contributed by atoms with van der Waals surface area (Å²) < 4.78 is 23.2. The Kier molecular flexibility index (Phi) is 6.55. The second kappa shape index (κ2) is 7.93. The van der Waals surface area contributed by atoms with Crippen molar-refractivity contribution in [3.63, 3.8) is 0 Å². The lowest BCUT2D eigenvalue weighted by Gasteiger charge is -2.10. The summed E-state index contributed by atoms with van der Waals surface area (Å²) in [6, 6.07) is 4.54. The molecule has 1 rings (SSSR count). The Bertz CT molecular complexity index is 652. The minimum atomic E-state index is -3.37.